The molecule has 1 aromatic carbocycles. The summed E-state index contributed by atoms with van der Waals surface area (Å²) in [5.74, 6) is 0.597. The molecule has 82 valence electrons. The van der Waals surface area contributed by atoms with Gasteiger partial charge in [0.25, 0.3) is 0 Å². The highest BCUT2D eigenvalue weighted by molar-refractivity contribution is 6.30. The van der Waals surface area contributed by atoms with Crippen LogP contribution in [0.15, 0.2) is 18.2 Å². The Balaban J connectivity index is 2.19. The first kappa shape index (κ1) is 10.9. The molecule has 0 amide bonds. The molecular weight excluding hydrogens is 213 g/mol. The molecule has 1 aliphatic carbocycles. The van der Waals surface area contributed by atoms with Crippen LogP contribution in [0.5, 0.6) is 0 Å². The van der Waals surface area contributed by atoms with Crippen molar-refractivity contribution in [2.75, 3.05) is 7.05 Å². The van der Waals surface area contributed by atoms with Gasteiger partial charge in [0.05, 0.1) is 0 Å². The molecule has 0 spiro atoms. The van der Waals surface area contributed by atoms with Crippen molar-refractivity contribution in [3.8, 4) is 0 Å². The van der Waals surface area contributed by atoms with Crippen molar-refractivity contribution in [1.29, 1.82) is 0 Å². The highest BCUT2D eigenvalue weighted by Crippen LogP contribution is 2.38. The van der Waals surface area contributed by atoms with Crippen molar-refractivity contribution in [3.63, 3.8) is 0 Å². The van der Waals surface area contributed by atoms with E-state index in [2.05, 4.69) is 5.32 Å². The summed E-state index contributed by atoms with van der Waals surface area (Å²) in [4.78, 5) is 0. The Morgan fingerprint density at radius 1 is 1.53 bits per heavy atom. The fourth-order valence-corrected chi connectivity index (χ4v) is 2.05. The fourth-order valence-electron chi connectivity index (χ4n) is 1.87. The van der Waals surface area contributed by atoms with E-state index in [9.17, 15) is 4.39 Å². The van der Waals surface area contributed by atoms with E-state index < -0.39 is 0 Å². The van der Waals surface area contributed by atoms with Crippen molar-refractivity contribution < 1.29 is 4.39 Å². The summed E-state index contributed by atoms with van der Waals surface area (Å²) in [6, 6.07) is 4.84. The molecule has 0 heterocycles. The number of benzene rings is 1. The summed E-state index contributed by atoms with van der Waals surface area (Å²) in [5.41, 5.74) is 0.692. The molecule has 1 aliphatic rings. The van der Waals surface area contributed by atoms with E-state index in [0.29, 0.717) is 10.6 Å². The second-order valence-corrected chi connectivity index (χ2v) is 4.62. The number of hydrogen-bond acceptors (Lipinski definition) is 1. The maximum absolute atomic E-state index is 13.6. The summed E-state index contributed by atoms with van der Waals surface area (Å²) < 4.78 is 13.6. The third-order valence-electron chi connectivity index (χ3n) is 2.95. The number of rotatable bonds is 4. The third kappa shape index (κ3) is 2.70. The van der Waals surface area contributed by atoms with Crippen LogP contribution in [0, 0.1) is 11.7 Å². The average Bonchev–Trinajstić information content (AvgIpc) is 3.02. The number of halogens is 2. The van der Waals surface area contributed by atoms with Gasteiger partial charge in [0.1, 0.15) is 5.82 Å². The van der Waals surface area contributed by atoms with Crippen molar-refractivity contribution in [3.05, 3.63) is 34.6 Å². The molecule has 1 fully saturated rings. The van der Waals surface area contributed by atoms with E-state index in [4.69, 9.17) is 11.6 Å². The highest BCUT2D eigenvalue weighted by atomic mass is 35.5. The minimum absolute atomic E-state index is 0.0937. The molecule has 3 heteroatoms. The molecule has 0 radical (unpaired) electrons. The van der Waals surface area contributed by atoms with Crippen LogP contribution in [0.2, 0.25) is 5.02 Å². The molecule has 1 aromatic rings. The molecule has 1 unspecified atom stereocenters. The highest BCUT2D eigenvalue weighted by Gasteiger charge is 2.26. The van der Waals surface area contributed by atoms with Crippen LogP contribution < -0.4 is 5.32 Å². The second-order valence-electron chi connectivity index (χ2n) is 4.19. The third-order valence-corrected chi connectivity index (χ3v) is 3.18. The quantitative estimate of drug-likeness (QED) is 0.830. The van der Waals surface area contributed by atoms with Crippen molar-refractivity contribution in [2.45, 2.75) is 25.3 Å². The molecule has 0 bridgehead atoms. The van der Waals surface area contributed by atoms with Crippen molar-refractivity contribution in [1.82, 2.24) is 5.32 Å². The first-order valence-electron chi connectivity index (χ1n) is 5.33. The maximum atomic E-state index is 13.6. The first-order valence-corrected chi connectivity index (χ1v) is 5.70. The van der Waals surface area contributed by atoms with E-state index in [1.54, 1.807) is 12.1 Å². The first-order chi connectivity index (χ1) is 7.20. The van der Waals surface area contributed by atoms with Crippen LogP contribution in [-0.2, 0) is 0 Å². The largest absolute Gasteiger partial charge is 0.313 e. The van der Waals surface area contributed by atoms with E-state index >= 15 is 0 Å². The van der Waals surface area contributed by atoms with E-state index in [1.165, 1.54) is 18.9 Å². The smallest absolute Gasteiger partial charge is 0.128 e. The van der Waals surface area contributed by atoms with Crippen molar-refractivity contribution >= 4 is 11.6 Å². The minimum Gasteiger partial charge on any atom is -0.313 e. The van der Waals surface area contributed by atoms with E-state index in [-0.39, 0.29) is 11.9 Å². The Hall–Kier alpha value is -0.600. The van der Waals surface area contributed by atoms with Crippen LogP contribution in [0.4, 0.5) is 4.39 Å². The Labute approximate surface area is 94.6 Å². The second kappa shape index (κ2) is 4.50. The Morgan fingerprint density at radius 2 is 2.27 bits per heavy atom. The van der Waals surface area contributed by atoms with Gasteiger partial charge in [-0.3, -0.25) is 0 Å². The molecule has 0 saturated heterocycles. The molecular formula is C12H15ClFN. The van der Waals surface area contributed by atoms with Gasteiger partial charge in [-0.1, -0.05) is 24.4 Å². The lowest BCUT2D eigenvalue weighted by molar-refractivity contribution is 0.485. The Bertz CT molecular complexity index is 349. The van der Waals surface area contributed by atoms with Crippen molar-refractivity contribution in [2.24, 2.45) is 5.92 Å². The lowest BCUT2D eigenvalue weighted by Gasteiger charge is -2.17. The maximum Gasteiger partial charge on any atom is 0.128 e. The predicted molar refractivity (Wildman–Crippen MR) is 60.6 cm³/mol. The summed E-state index contributed by atoms with van der Waals surface area (Å²) in [5, 5.41) is 3.76. The fraction of sp³-hybridized carbons (Fsp3) is 0.500. The topological polar surface area (TPSA) is 12.0 Å². The van der Waals surface area contributed by atoms with Crippen LogP contribution in [0.3, 0.4) is 0 Å². The molecule has 15 heavy (non-hydrogen) atoms. The van der Waals surface area contributed by atoms with Gasteiger partial charge in [-0.25, -0.2) is 4.39 Å². The average molecular weight is 228 g/mol. The zero-order chi connectivity index (χ0) is 10.8. The summed E-state index contributed by atoms with van der Waals surface area (Å²) in [7, 11) is 1.87. The van der Waals surface area contributed by atoms with Gasteiger partial charge in [-0.2, -0.15) is 0 Å². The van der Waals surface area contributed by atoms with Gasteiger partial charge in [0, 0.05) is 16.6 Å². The summed E-state index contributed by atoms with van der Waals surface area (Å²) >= 11 is 5.88. The van der Waals surface area contributed by atoms with Crippen LogP contribution in [-0.4, -0.2) is 7.05 Å². The number of hydrogen-bond donors (Lipinski definition) is 1. The van der Waals surface area contributed by atoms with Gasteiger partial charge in [0.15, 0.2) is 0 Å². The van der Waals surface area contributed by atoms with Gasteiger partial charge < -0.3 is 5.32 Å². The lowest BCUT2D eigenvalue weighted by Crippen LogP contribution is -2.18. The minimum atomic E-state index is -0.167. The monoisotopic (exact) mass is 227 g/mol. The molecule has 1 nitrogen and oxygen atoms in total. The SMILES string of the molecule is CNC(CC1CC1)c1cc(Cl)ccc1F. The predicted octanol–water partition coefficient (Wildman–Crippen LogP) is 3.54. The zero-order valence-electron chi connectivity index (χ0n) is 8.76. The van der Waals surface area contributed by atoms with E-state index in [0.717, 1.165) is 12.3 Å². The molecule has 1 N–H and O–H groups in total. The zero-order valence-corrected chi connectivity index (χ0v) is 9.52. The Morgan fingerprint density at radius 3 is 2.87 bits per heavy atom. The normalized spacial score (nSPS) is 17.8. The van der Waals surface area contributed by atoms with Crippen LogP contribution >= 0.6 is 11.6 Å². The lowest BCUT2D eigenvalue weighted by atomic mass is 10.0. The molecule has 1 atom stereocenters. The van der Waals surface area contributed by atoms with Crippen LogP contribution in [0.1, 0.15) is 30.9 Å². The van der Waals surface area contributed by atoms with Gasteiger partial charge in [0.2, 0.25) is 0 Å². The standard InChI is InChI=1S/C12H15ClFN/c1-15-12(6-8-2-3-8)10-7-9(13)4-5-11(10)14/h4-5,7-8,12,15H,2-3,6H2,1H3. The van der Waals surface area contributed by atoms with E-state index in [1.807, 2.05) is 7.05 Å². The molecule has 0 aromatic heterocycles. The van der Waals surface area contributed by atoms with Gasteiger partial charge >= 0.3 is 0 Å². The Kier molecular flexibility index (Phi) is 3.27. The molecule has 0 aliphatic heterocycles. The summed E-state index contributed by atoms with van der Waals surface area (Å²) in [6.07, 6.45) is 3.56. The molecule has 1 saturated carbocycles. The number of nitrogens with one attached hydrogen (secondary N) is 1. The summed E-state index contributed by atoms with van der Waals surface area (Å²) in [6.45, 7) is 0. The molecule has 2 rings (SSSR count). The van der Waals surface area contributed by atoms with Crippen LogP contribution in [0.25, 0.3) is 0 Å². The van der Waals surface area contributed by atoms with Gasteiger partial charge in [-0.15, -0.1) is 0 Å². The van der Waals surface area contributed by atoms with Gasteiger partial charge in [-0.05, 0) is 37.6 Å².